The molecule has 1 aromatic carbocycles. The van der Waals surface area contributed by atoms with Crippen LogP contribution in [0.2, 0.25) is 0 Å². The molecule has 0 spiro atoms. The number of aromatic nitrogens is 2. The van der Waals surface area contributed by atoms with Crippen molar-refractivity contribution in [1.82, 2.24) is 14.6 Å². The lowest BCUT2D eigenvalue weighted by atomic mass is 9.91. The van der Waals surface area contributed by atoms with Gasteiger partial charge in [-0.15, -0.1) is 0 Å². The van der Waals surface area contributed by atoms with Gasteiger partial charge < -0.3 is 4.90 Å². The fourth-order valence-corrected chi connectivity index (χ4v) is 6.89. The Morgan fingerprint density at radius 3 is 2.00 bits per heavy atom. The Morgan fingerprint density at radius 2 is 1.39 bits per heavy atom. The molecule has 8 heteroatoms. The summed E-state index contributed by atoms with van der Waals surface area (Å²) in [7, 11) is -3.64. The van der Waals surface area contributed by atoms with E-state index in [0.29, 0.717) is 47.8 Å². The number of fused-ring (bicyclic) bond motifs is 1. The van der Waals surface area contributed by atoms with Crippen LogP contribution in [0.1, 0.15) is 40.5 Å². The summed E-state index contributed by atoms with van der Waals surface area (Å²) < 4.78 is 33.4. The monoisotopic (exact) mass is 406 g/mol. The van der Waals surface area contributed by atoms with E-state index in [0.717, 1.165) is 25.2 Å². The SMILES string of the molecule is CC1CC(C)CN(c2ccc(S(=O)(=O)N3CC(C)CC(C)C3)c3nonc23)C1. The van der Waals surface area contributed by atoms with Gasteiger partial charge in [0.1, 0.15) is 4.90 Å². The standard InChI is InChI=1S/C20H30N4O3S/c1-13-7-14(2)10-23(9-13)17-5-6-18(20-19(17)21-27-22-20)28(25,26)24-11-15(3)8-16(4)12-24/h5-6,13-16H,7-12H2,1-4H3. The molecule has 0 bridgehead atoms. The molecule has 4 atom stereocenters. The van der Waals surface area contributed by atoms with E-state index < -0.39 is 10.0 Å². The van der Waals surface area contributed by atoms with Gasteiger partial charge in [-0.3, -0.25) is 0 Å². The van der Waals surface area contributed by atoms with Crippen LogP contribution in [-0.4, -0.2) is 49.2 Å². The summed E-state index contributed by atoms with van der Waals surface area (Å²) in [5, 5.41) is 8.08. The molecule has 0 N–H and O–H groups in total. The molecule has 2 aromatic rings. The second-order valence-electron chi connectivity index (χ2n) is 9.16. The molecule has 154 valence electrons. The average molecular weight is 407 g/mol. The number of sulfonamides is 1. The van der Waals surface area contributed by atoms with Crippen LogP contribution in [0.5, 0.6) is 0 Å². The zero-order valence-electron chi connectivity index (χ0n) is 17.1. The molecule has 4 unspecified atom stereocenters. The predicted octanol–water partition coefficient (Wildman–Crippen LogP) is 3.37. The molecule has 2 saturated heterocycles. The van der Waals surface area contributed by atoms with Crippen molar-refractivity contribution in [2.75, 3.05) is 31.1 Å². The molecule has 2 aliphatic heterocycles. The highest BCUT2D eigenvalue weighted by molar-refractivity contribution is 7.89. The maximum Gasteiger partial charge on any atom is 0.245 e. The zero-order chi connectivity index (χ0) is 20.1. The molecule has 0 saturated carbocycles. The van der Waals surface area contributed by atoms with Gasteiger partial charge in [0.05, 0.1) is 5.69 Å². The van der Waals surface area contributed by atoms with E-state index in [-0.39, 0.29) is 4.90 Å². The Labute approximate surface area is 167 Å². The van der Waals surface area contributed by atoms with Crippen LogP contribution in [0.25, 0.3) is 11.0 Å². The molecular formula is C20H30N4O3S. The van der Waals surface area contributed by atoms with Gasteiger partial charge in [0.25, 0.3) is 0 Å². The van der Waals surface area contributed by atoms with Crippen LogP contribution in [0.4, 0.5) is 5.69 Å². The first-order valence-electron chi connectivity index (χ1n) is 10.3. The molecule has 28 heavy (non-hydrogen) atoms. The third kappa shape index (κ3) is 3.52. The molecule has 2 fully saturated rings. The van der Waals surface area contributed by atoms with Gasteiger partial charge in [-0.05, 0) is 59.0 Å². The number of rotatable bonds is 3. The highest BCUT2D eigenvalue weighted by Gasteiger charge is 2.35. The van der Waals surface area contributed by atoms with Crippen molar-refractivity contribution in [1.29, 1.82) is 0 Å². The van der Waals surface area contributed by atoms with Crippen LogP contribution in [0.3, 0.4) is 0 Å². The summed E-state index contributed by atoms with van der Waals surface area (Å²) >= 11 is 0. The number of hydrogen-bond acceptors (Lipinski definition) is 6. The van der Waals surface area contributed by atoms with Crippen molar-refractivity contribution in [3.05, 3.63) is 12.1 Å². The first-order valence-corrected chi connectivity index (χ1v) is 11.7. The van der Waals surface area contributed by atoms with Gasteiger partial charge in [-0.1, -0.05) is 27.7 Å². The minimum Gasteiger partial charge on any atom is -0.369 e. The van der Waals surface area contributed by atoms with Crippen molar-refractivity contribution in [3.63, 3.8) is 0 Å². The van der Waals surface area contributed by atoms with Gasteiger partial charge in [0, 0.05) is 26.2 Å². The Bertz CT molecular complexity index is 938. The van der Waals surface area contributed by atoms with Crippen molar-refractivity contribution >= 4 is 26.7 Å². The third-order valence-electron chi connectivity index (χ3n) is 6.02. The Hall–Kier alpha value is -1.67. The summed E-state index contributed by atoms with van der Waals surface area (Å²) in [6, 6.07) is 3.56. The first kappa shape index (κ1) is 19.6. The molecule has 2 aliphatic rings. The number of nitrogens with zero attached hydrogens (tertiary/aromatic N) is 4. The summed E-state index contributed by atoms with van der Waals surface area (Å²) in [5.74, 6) is 1.86. The normalized spacial score (nSPS) is 30.1. The van der Waals surface area contributed by atoms with Gasteiger partial charge in [-0.2, -0.15) is 4.31 Å². The molecule has 1 aromatic heterocycles. The molecule has 7 nitrogen and oxygen atoms in total. The fourth-order valence-electron chi connectivity index (χ4n) is 5.09. The van der Waals surface area contributed by atoms with Crippen LogP contribution in [0, 0.1) is 23.7 Å². The lowest BCUT2D eigenvalue weighted by Gasteiger charge is -2.36. The van der Waals surface area contributed by atoms with Gasteiger partial charge in [-0.25, -0.2) is 13.0 Å². The zero-order valence-corrected chi connectivity index (χ0v) is 17.9. The molecular weight excluding hydrogens is 376 g/mol. The lowest BCUT2D eigenvalue weighted by molar-refractivity contribution is 0.222. The topological polar surface area (TPSA) is 79.5 Å². The maximum atomic E-state index is 13.4. The smallest absolute Gasteiger partial charge is 0.245 e. The van der Waals surface area contributed by atoms with E-state index in [1.807, 2.05) is 6.07 Å². The van der Waals surface area contributed by atoms with E-state index in [9.17, 15) is 8.42 Å². The number of benzene rings is 1. The Kier molecular flexibility index (Phi) is 5.12. The van der Waals surface area contributed by atoms with Crippen LogP contribution >= 0.6 is 0 Å². The van der Waals surface area contributed by atoms with Crippen molar-refractivity contribution < 1.29 is 13.0 Å². The molecule has 4 rings (SSSR count). The summed E-state index contributed by atoms with van der Waals surface area (Å²) in [4.78, 5) is 2.49. The predicted molar refractivity (Wildman–Crippen MR) is 109 cm³/mol. The molecule has 0 radical (unpaired) electrons. The van der Waals surface area contributed by atoms with Crippen LogP contribution < -0.4 is 4.90 Å². The fraction of sp³-hybridized carbons (Fsp3) is 0.700. The van der Waals surface area contributed by atoms with Crippen molar-refractivity contribution in [2.24, 2.45) is 23.7 Å². The highest BCUT2D eigenvalue weighted by atomic mass is 32.2. The summed E-state index contributed by atoms with van der Waals surface area (Å²) in [6.07, 6.45) is 2.26. The van der Waals surface area contributed by atoms with E-state index in [2.05, 4.69) is 42.9 Å². The number of anilines is 1. The first-order chi connectivity index (χ1) is 13.3. The van der Waals surface area contributed by atoms with E-state index in [4.69, 9.17) is 4.63 Å². The average Bonchev–Trinajstić information content (AvgIpc) is 3.08. The summed E-state index contributed by atoms with van der Waals surface area (Å²) in [6.45, 7) is 11.7. The van der Waals surface area contributed by atoms with Gasteiger partial charge >= 0.3 is 0 Å². The van der Waals surface area contributed by atoms with E-state index in [1.165, 1.54) is 6.42 Å². The second kappa shape index (κ2) is 7.30. The van der Waals surface area contributed by atoms with Crippen LogP contribution in [0.15, 0.2) is 21.7 Å². The molecule has 3 heterocycles. The quantitative estimate of drug-likeness (QED) is 0.777. The Balaban J connectivity index is 1.73. The maximum absolute atomic E-state index is 13.4. The van der Waals surface area contributed by atoms with E-state index in [1.54, 1.807) is 10.4 Å². The largest absolute Gasteiger partial charge is 0.369 e. The van der Waals surface area contributed by atoms with Gasteiger partial charge in [0.15, 0.2) is 11.0 Å². The number of piperidine rings is 2. The van der Waals surface area contributed by atoms with Crippen molar-refractivity contribution in [2.45, 2.75) is 45.4 Å². The minimum atomic E-state index is -3.64. The van der Waals surface area contributed by atoms with Crippen molar-refractivity contribution in [3.8, 4) is 0 Å². The third-order valence-corrected chi connectivity index (χ3v) is 7.88. The lowest BCUT2D eigenvalue weighted by Crippen LogP contribution is -2.42. The van der Waals surface area contributed by atoms with E-state index >= 15 is 0 Å². The molecule has 0 aliphatic carbocycles. The number of hydrogen-bond donors (Lipinski definition) is 0. The van der Waals surface area contributed by atoms with Crippen LogP contribution in [-0.2, 0) is 10.0 Å². The Morgan fingerprint density at radius 1 is 0.857 bits per heavy atom. The second-order valence-corrected chi connectivity index (χ2v) is 11.1. The minimum absolute atomic E-state index is 0.201. The molecule has 0 amide bonds. The summed E-state index contributed by atoms with van der Waals surface area (Å²) in [5.41, 5.74) is 1.80. The van der Waals surface area contributed by atoms with Gasteiger partial charge in [0.2, 0.25) is 10.0 Å². The highest BCUT2D eigenvalue weighted by Crippen LogP contribution is 2.35.